The van der Waals surface area contributed by atoms with E-state index in [1.165, 1.54) is 16.7 Å². The molecule has 0 spiro atoms. The predicted octanol–water partition coefficient (Wildman–Crippen LogP) is 2.35. The molecule has 2 N–H and O–H groups in total. The van der Waals surface area contributed by atoms with Gasteiger partial charge in [-0.2, -0.15) is 0 Å². The zero-order chi connectivity index (χ0) is 13.5. The largest absolute Gasteiger partial charge is 0.329 e. The zero-order valence-electron chi connectivity index (χ0n) is 11.4. The lowest BCUT2D eigenvalue weighted by Gasteiger charge is -2.22. The Labute approximate surface area is 115 Å². The van der Waals surface area contributed by atoms with Gasteiger partial charge in [-0.25, -0.2) is 0 Å². The highest BCUT2D eigenvalue weighted by molar-refractivity contribution is 5.25. The van der Waals surface area contributed by atoms with E-state index in [0.29, 0.717) is 6.54 Å². The summed E-state index contributed by atoms with van der Waals surface area (Å²) in [7, 11) is 0. The van der Waals surface area contributed by atoms with Crippen LogP contribution in [0, 0.1) is 6.92 Å². The molecule has 3 nitrogen and oxygen atoms in total. The van der Waals surface area contributed by atoms with E-state index in [1.807, 2.05) is 12.3 Å². The molecule has 0 amide bonds. The van der Waals surface area contributed by atoms with Gasteiger partial charge in [0.15, 0.2) is 0 Å². The molecule has 0 saturated carbocycles. The van der Waals surface area contributed by atoms with Gasteiger partial charge in [-0.05, 0) is 29.7 Å². The van der Waals surface area contributed by atoms with Crippen LogP contribution in [0.4, 0.5) is 0 Å². The fourth-order valence-corrected chi connectivity index (χ4v) is 2.17. The SMILES string of the molecule is Cc1ccccc1CN(CCN)Cc1cccnc1. The summed E-state index contributed by atoms with van der Waals surface area (Å²) in [6.07, 6.45) is 3.72. The first-order chi connectivity index (χ1) is 9.29. The average molecular weight is 255 g/mol. The van der Waals surface area contributed by atoms with Crippen LogP contribution in [0.1, 0.15) is 16.7 Å². The van der Waals surface area contributed by atoms with Crippen LogP contribution in [-0.2, 0) is 13.1 Å². The summed E-state index contributed by atoms with van der Waals surface area (Å²) in [6.45, 7) is 5.54. The highest BCUT2D eigenvalue weighted by atomic mass is 15.1. The van der Waals surface area contributed by atoms with Gasteiger partial charge in [0.2, 0.25) is 0 Å². The molecule has 0 radical (unpaired) electrons. The first-order valence-corrected chi connectivity index (χ1v) is 6.65. The normalized spacial score (nSPS) is 10.9. The van der Waals surface area contributed by atoms with Crippen molar-refractivity contribution in [3.63, 3.8) is 0 Å². The minimum atomic E-state index is 0.673. The highest BCUT2D eigenvalue weighted by Gasteiger charge is 2.07. The molecular weight excluding hydrogens is 234 g/mol. The summed E-state index contributed by atoms with van der Waals surface area (Å²) in [5.74, 6) is 0. The second kappa shape index (κ2) is 7.02. The molecule has 0 aliphatic heterocycles. The molecule has 1 aromatic heterocycles. The van der Waals surface area contributed by atoms with Crippen molar-refractivity contribution in [1.82, 2.24) is 9.88 Å². The highest BCUT2D eigenvalue weighted by Crippen LogP contribution is 2.12. The maximum atomic E-state index is 5.72. The second-order valence-corrected chi connectivity index (χ2v) is 4.79. The Morgan fingerprint density at radius 3 is 2.63 bits per heavy atom. The van der Waals surface area contributed by atoms with Gasteiger partial charge in [0, 0.05) is 38.6 Å². The van der Waals surface area contributed by atoms with Gasteiger partial charge in [-0.3, -0.25) is 9.88 Å². The van der Waals surface area contributed by atoms with Gasteiger partial charge in [-0.1, -0.05) is 30.3 Å². The second-order valence-electron chi connectivity index (χ2n) is 4.79. The molecule has 2 rings (SSSR count). The van der Waals surface area contributed by atoms with Crippen LogP contribution in [0.15, 0.2) is 48.8 Å². The molecule has 19 heavy (non-hydrogen) atoms. The maximum absolute atomic E-state index is 5.72. The van der Waals surface area contributed by atoms with Crippen LogP contribution < -0.4 is 5.73 Å². The van der Waals surface area contributed by atoms with E-state index < -0.39 is 0 Å². The number of hydrogen-bond donors (Lipinski definition) is 1. The first-order valence-electron chi connectivity index (χ1n) is 6.65. The van der Waals surface area contributed by atoms with Crippen LogP contribution >= 0.6 is 0 Å². The molecule has 0 atom stereocenters. The summed E-state index contributed by atoms with van der Waals surface area (Å²) in [6, 6.07) is 12.6. The lowest BCUT2D eigenvalue weighted by molar-refractivity contribution is 0.263. The summed E-state index contributed by atoms with van der Waals surface area (Å²) < 4.78 is 0. The van der Waals surface area contributed by atoms with Gasteiger partial charge in [0.05, 0.1) is 0 Å². The molecule has 1 aromatic carbocycles. The molecule has 0 aliphatic rings. The fraction of sp³-hybridized carbons (Fsp3) is 0.312. The molecule has 0 saturated heterocycles. The molecule has 0 aliphatic carbocycles. The molecule has 0 fully saturated rings. The number of aromatic nitrogens is 1. The molecule has 1 heterocycles. The van der Waals surface area contributed by atoms with Crippen LogP contribution in [0.25, 0.3) is 0 Å². The van der Waals surface area contributed by atoms with E-state index in [-0.39, 0.29) is 0 Å². The zero-order valence-corrected chi connectivity index (χ0v) is 11.4. The average Bonchev–Trinajstić information content (AvgIpc) is 2.43. The van der Waals surface area contributed by atoms with Crippen LogP contribution in [-0.4, -0.2) is 23.0 Å². The maximum Gasteiger partial charge on any atom is 0.0312 e. The molecule has 0 bridgehead atoms. The van der Waals surface area contributed by atoms with Gasteiger partial charge in [0.25, 0.3) is 0 Å². The fourth-order valence-electron chi connectivity index (χ4n) is 2.17. The monoisotopic (exact) mass is 255 g/mol. The number of benzene rings is 1. The molecule has 100 valence electrons. The van der Waals surface area contributed by atoms with Crippen molar-refractivity contribution in [3.05, 3.63) is 65.5 Å². The molecular formula is C16H21N3. The Kier molecular flexibility index (Phi) is 5.07. The van der Waals surface area contributed by atoms with Crippen molar-refractivity contribution < 1.29 is 0 Å². The van der Waals surface area contributed by atoms with E-state index in [4.69, 9.17) is 5.73 Å². The van der Waals surface area contributed by atoms with E-state index in [0.717, 1.165) is 19.6 Å². The van der Waals surface area contributed by atoms with Gasteiger partial charge < -0.3 is 5.73 Å². The van der Waals surface area contributed by atoms with Crippen LogP contribution in [0.5, 0.6) is 0 Å². The van der Waals surface area contributed by atoms with Crippen molar-refractivity contribution in [3.8, 4) is 0 Å². The number of aryl methyl sites for hydroxylation is 1. The third-order valence-corrected chi connectivity index (χ3v) is 3.23. The van der Waals surface area contributed by atoms with E-state index in [9.17, 15) is 0 Å². The molecule has 0 unspecified atom stereocenters. The Morgan fingerprint density at radius 1 is 1.11 bits per heavy atom. The smallest absolute Gasteiger partial charge is 0.0312 e. The number of hydrogen-bond acceptors (Lipinski definition) is 3. The van der Waals surface area contributed by atoms with Crippen molar-refractivity contribution in [2.45, 2.75) is 20.0 Å². The van der Waals surface area contributed by atoms with Crippen molar-refractivity contribution >= 4 is 0 Å². The van der Waals surface area contributed by atoms with Gasteiger partial charge in [-0.15, -0.1) is 0 Å². The number of nitrogens with zero attached hydrogens (tertiary/aromatic N) is 2. The lowest BCUT2D eigenvalue weighted by Crippen LogP contribution is -2.29. The topological polar surface area (TPSA) is 42.1 Å². The third kappa shape index (κ3) is 4.16. The van der Waals surface area contributed by atoms with Crippen LogP contribution in [0.3, 0.4) is 0 Å². The van der Waals surface area contributed by atoms with E-state index in [1.54, 1.807) is 6.20 Å². The summed E-state index contributed by atoms with van der Waals surface area (Å²) in [4.78, 5) is 6.52. The van der Waals surface area contributed by atoms with Gasteiger partial charge in [0.1, 0.15) is 0 Å². The Morgan fingerprint density at radius 2 is 1.95 bits per heavy atom. The quantitative estimate of drug-likeness (QED) is 0.861. The number of rotatable bonds is 6. The van der Waals surface area contributed by atoms with E-state index >= 15 is 0 Å². The Hall–Kier alpha value is -1.71. The van der Waals surface area contributed by atoms with Crippen LogP contribution in [0.2, 0.25) is 0 Å². The standard InChI is InChI=1S/C16H21N3/c1-14-5-2-3-7-16(14)13-19(10-8-17)12-15-6-4-9-18-11-15/h2-7,9,11H,8,10,12-13,17H2,1H3. The summed E-state index contributed by atoms with van der Waals surface area (Å²) >= 11 is 0. The Bertz CT molecular complexity index is 496. The lowest BCUT2D eigenvalue weighted by atomic mass is 10.1. The Balaban J connectivity index is 2.06. The minimum Gasteiger partial charge on any atom is -0.329 e. The minimum absolute atomic E-state index is 0.673. The number of pyridine rings is 1. The van der Waals surface area contributed by atoms with Crippen molar-refractivity contribution in [2.24, 2.45) is 5.73 Å². The first kappa shape index (κ1) is 13.7. The summed E-state index contributed by atoms with van der Waals surface area (Å²) in [5, 5.41) is 0. The van der Waals surface area contributed by atoms with Crippen molar-refractivity contribution in [1.29, 1.82) is 0 Å². The number of nitrogens with two attached hydrogens (primary N) is 1. The van der Waals surface area contributed by atoms with Gasteiger partial charge >= 0.3 is 0 Å². The third-order valence-electron chi connectivity index (χ3n) is 3.23. The summed E-state index contributed by atoms with van der Waals surface area (Å²) in [5.41, 5.74) is 9.63. The van der Waals surface area contributed by atoms with E-state index in [2.05, 4.69) is 47.1 Å². The molecule has 2 aromatic rings. The molecule has 3 heteroatoms. The predicted molar refractivity (Wildman–Crippen MR) is 78.6 cm³/mol. The van der Waals surface area contributed by atoms with Crippen molar-refractivity contribution in [2.75, 3.05) is 13.1 Å².